The summed E-state index contributed by atoms with van der Waals surface area (Å²) in [6.07, 6.45) is 0. The zero-order valence-electron chi connectivity index (χ0n) is 10.6. The second kappa shape index (κ2) is 4.30. The maximum Gasteiger partial charge on any atom is 0.0870 e. The summed E-state index contributed by atoms with van der Waals surface area (Å²) in [4.78, 5) is 4.69. The summed E-state index contributed by atoms with van der Waals surface area (Å²) in [6.45, 7) is 8.39. The molecule has 2 aromatic rings. The number of benzene rings is 1. The van der Waals surface area contributed by atoms with Gasteiger partial charge in [0.15, 0.2) is 0 Å². The molecule has 1 heterocycles. The van der Waals surface area contributed by atoms with Crippen LogP contribution < -0.4 is 5.73 Å². The molecule has 0 saturated heterocycles. The Balaban J connectivity index is 2.91. The summed E-state index contributed by atoms with van der Waals surface area (Å²) in [6, 6.07) is 4.13. The number of nitrogen functional groups attached to an aromatic ring is 1. The van der Waals surface area contributed by atoms with E-state index in [0.29, 0.717) is 5.92 Å². The van der Waals surface area contributed by atoms with Crippen LogP contribution in [0.4, 0.5) is 5.69 Å². The molecule has 2 N–H and O–H groups in total. The maximum atomic E-state index is 6.28. The van der Waals surface area contributed by atoms with E-state index in [1.807, 2.05) is 6.92 Å². The molecule has 0 aliphatic heterocycles. The third-order valence-electron chi connectivity index (χ3n) is 3.14. The van der Waals surface area contributed by atoms with Crippen molar-refractivity contribution in [1.29, 1.82) is 0 Å². The fourth-order valence-electron chi connectivity index (χ4n) is 2.29. The van der Waals surface area contributed by atoms with Crippen molar-refractivity contribution >= 4 is 32.5 Å². The Hall–Kier alpha value is -1.09. The molecular formula is C14H17BrN2. The highest BCUT2D eigenvalue weighted by Crippen LogP contribution is 2.35. The van der Waals surface area contributed by atoms with Crippen LogP contribution in [0.2, 0.25) is 0 Å². The predicted molar refractivity (Wildman–Crippen MR) is 77.4 cm³/mol. The Kier molecular flexibility index (Phi) is 3.13. The number of nitrogens with zero attached hydrogens (tertiary/aromatic N) is 1. The van der Waals surface area contributed by atoms with Crippen LogP contribution in [0.15, 0.2) is 16.6 Å². The monoisotopic (exact) mass is 292 g/mol. The molecule has 0 atom stereocenters. The Morgan fingerprint density at radius 3 is 2.47 bits per heavy atom. The van der Waals surface area contributed by atoms with Crippen molar-refractivity contribution in [3.8, 4) is 0 Å². The smallest absolute Gasteiger partial charge is 0.0870 e. The zero-order valence-corrected chi connectivity index (χ0v) is 12.2. The number of aromatic nitrogens is 1. The molecule has 0 radical (unpaired) electrons. The third-order valence-corrected chi connectivity index (χ3v) is 4.14. The Morgan fingerprint density at radius 1 is 1.24 bits per heavy atom. The molecule has 0 amide bonds. The van der Waals surface area contributed by atoms with Gasteiger partial charge in [0.25, 0.3) is 0 Å². The largest absolute Gasteiger partial charge is 0.398 e. The van der Waals surface area contributed by atoms with Crippen molar-refractivity contribution in [3.63, 3.8) is 0 Å². The van der Waals surface area contributed by atoms with Crippen LogP contribution in [0.1, 0.15) is 36.6 Å². The summed E-state index contributed by atoms with van der Waals surface area (Å²) in [5.74, 6) is 0.395. The van der Waals surface area contributed by atoms with Crippen LogP contribution >= 0.6 is 15.9 Å². The molecule has 0 spiro atoms. The molecule has 0 fully saturated rings. The lowest BCUT2D eigenvalue weighted by atomic mass is 9.96. The Bertz CT molecular complexity index is 589. The van der Waals surface area contributed by atoms with Crippen LogP contribution in [-0.2, 0) is 0 Å². The van der Waals surface area contributed by atoms with Crippen LogP contribution in [0.5, 0.6) is 0 Å². The first-order valence-corrected chi connectivity index (χ1v) is 6.57. The van der Waals surface area contributed by atoms with Crippen molar-refractivity contribution in [2.75, 3.05) is 5.73 Å². The molecular weight excluding hydrogens is 276 g/mol. The number of halogens is 1. The molecule has 17 heavy (non-hydrogen) atoms. The third kappa shape index (κ3) is 1.93. The first-order valence-electron chi connectivity index (χ1n) is 5.78. The van der Waals surface area contributed by atoms with Crippen LogP contribution in [0.25, 0.3) is 10.9 Å². The van der Waals surface area contributed by atoms with Gasteiger partial charge in [-0.15, -0.1) is 0 Å². The van der Waals surface area contributed by atoms with E-state index in [-0.39, 0.29) is 0 Å². The van der Waals surface area contributed by atoms with Gasteiger partial charge in [0.2, 0.25) is 0 Å². The molecule has 0 bridgehead atoms. The van der Waals surface area contributed by atoms with Gasteiger partial charge in [0.1, 0.15) is 0 Å². The normalized spacial score (nSPS) is 11.4. The summed E-state index contributed by atoms with van der Waals surface area (Å²) in [7, 11) is 0. The van der Waals surface area contributed by atoms with Gasteiger partial charge in [-0.05, 0) is 46.8 Å². The average molecular weight is 293 g/mol. The second-order valence-corrected chi connectivity index (χ2v) is 5.56. The van der Waals surface area contributed by atoms with Crippen molar-refractivity contribution < 1.29 is 0 Å². The van der Waals surface area contributed by atoms with Gasteiger partial charge in [-0.3, -0.25) is 4.98 Å². The van der Waals surface area contributed by atoms with Crippen molar-refractivity contribution in [2.45, 2.75) is 33.6 Å². The number of hydrogen-bond donors (Lipinski definition) is 1. The van der Waals surface area contributed by atoms with E-state index >= 15 is 0 Å². The molecule has 0 saturated carbocycles. The lowest BCUT2D eigenvalue weighted by Gasteiger charge is -2.16. The number of fused-ring (bicyclic) bond motifs is 1. The number of aryl methyl sites for hydroxylation is 2. The van der Waals surface area contributed by atoms with Gasteiger partial charge < -0.3 is 5.73 Å². The molecule has 0 aliphatic rings. The van der Waals surface area contributed by atoms with Gasteiger partial charge >= 0.3 is 0 Å². The minimum atomic E-state index is 0.395. The lowest BCUT2D eigenvalue weighted by Crippen LogP contribution is -2.03. The topological polar surface area (TPSA) is 38.9 Å². The minimum absolute atomic E-state index is 0.395. The fourth-order valence-corrected chi connectivity index (χ4v) is 2.72. The van der Waals surface area contributed by atoms with Gasteiger partial charge in [-0.25, -0.2) is 0 Å². The van der Waals surface area contributed by atoms with Crippen molar-refractivity contribution in [1.82, 2.24) is 4.98 Å². The Morgan fingerprint density at radius 2 is 1.88 bits per heavy atom. The summed E-state index contributed by atoms with van der Waals surface area (Å²) in [5, 5.41) is 1.04. The standard InChI is InChI=1S/C14H17BrN2/c1-7(2)11-9(4)17-14-10(13(11)16)6-5-8(3)12(14)15/h5-7H,1-4H3,(H2,16,17). The number of nitrogens with two attached hydrogens (primary N) is 1. The molecule has 0 aliphatic carbocycles. The van der Waals surface area contributed by atoms with E-state index < -0.39 is 0 Å². The van der Waals surface area contributed by atoms with Crippen LogP contribution in [-0.4, -0.2) is 4.98 Å². The molecule has 3 heteroatoms. The summed E-state index contributed by atoms with van der Waals surface area (Å²) in [5.41, 5.74) is 11.5. The lowest BCUT2D eigenvalue weighted by molar-refractivity contribution is 0.851. The average Bonchev–Trinajstić information content (AvgIpc) is 2.23. The summed E-state index contributed by atoms with van der Waals surface area (Å²) >= 11 is 3.59. The molecule has 90 valence electrons. The first-order chi connectivity index (χ1) is 7.93. The molecule has 0 unspecified atom stereocenters. The van der Waals surface area contributed by atoms with Gasteiger partial charge in [0, 0.05) is 21.2 Å². The highest BCUT2D eigenvalue weighted by atomic mass is 79.9. The van der Waals surface area contributed by atoms with E-state index in [9.17, 15) is 0 Å². The molecule has 2 nitrogen and oxygen atoms in total. The second-order valence-electron chi connectivity index (χ2n) is 4.77. The van der Waals surface area contributed by atoms with Crippen molar-refractivity contribution in [2.24, 2.45) is 0 Å². The Labute approximate surface area is 110 Å². The first kappa shape index (κ1) is 12.4. The van der Waals surface area contributed by atoms with E-state index in [0.717, 1.165) is 32.3 Å². The van der Waals surface area contributed by atoms with E-state index in [1.54, 1.807) is 0 Å². The zero-order chi connectivity index (χ0) is 12.7. The fraction of sp³-hybridized carbons (Fsp3) is 0.357. The van der Waals surface area contributed by atoms with Crippen LogP contribution in [0.3, 0.4) is 0 Å². The maximum absolute atomic E-state index is 6.28. The SMILES string of the molecule is Cc1ccc2c(N)c(C(C)C)c(C)nc2c1Br. The highest BCUT2D eigenvalue weighted by Gasteiger charge is 2.15. The number of pyridine rings is 1. The summed E-state index contributed by atoms with van der Waals surface area (Å²) < 4.78 is 1.04. The van der Waals surface area contributed by atoms with Gasteiger partial charge in [0.05, 0.1) is 5.52 Å². The minimum Gasteiger partial charge on any atom is -0.398 e. The molecule has 1 aromatic heterocycles. The number of rotatable bonds is 1. The highest BCUT2D eigenvalue weighted by molar-refractivity contribution is 9.10. The molecule has 1 aromatic carbocycles. The van der Waals surface area contributed by atoms with Crippen LogP contribution in [0, 0.1) is 13.8 Å². The van der Waals surface area contributed by atoms with Crippen molar-refractivity contribution in [3.05, 3.63) is 33.4 Å². The van der Waals surface area contributed by atoms with Gasteiger partial charge in [-0.2, -0.15) is 0 Å². The number of anilines is 1. The van der Waals surface area contributed by atoms with Gasteiger partial charge in [-0.1, -0.05) is 26.0 Å². The van der Waals surface area contributed by atoms with E-state index in [4.69, 9.17) is 10.7 Å². The quantitative estimate of drug-likeness (QED) is 0.850. The predicted octanol–water partition coefficient (Wildman–Crippen LogP) is 4.32. The van der Waals surface area contributed by atoms with E-state index in [2.05, 4.69) is 48.8 Å². The number of hydrogen-bond acceptors (Lipinski definition) is 2. The molecule has 2 rings (SSSR count). The van der Waals surface area contributed by atoms with E-state index in [1.165, 1.54) is 5.56 Å².